The van der Waals surface area contributed by atoms with Crippen LogP contribution in [0.3, 0.4) is 0 Å². The number of anilines is 1. The number of nitrogen functional groups attached to an aromatic ring is 1. The van der Waals surface area contributed by atoms with Gasteiger partial charge in [-0.3, -0.25) is 9.59 Å². The van der Waals surface area contributed by atoms with Crippen LogP contribution in [0.2, 0.25) is 0 Å². The number of Topliss-reactive ketones (excluding diaryl/α,β-unsaturated/α-hetero) is 2. The van der Waals surface area contributed by atoms with E-state index in [0.29, 0.717) is 22.4 Å². The highest BCUT2D eigenvalue weighted by atomic mass is 16.1. The second-order valence-electron chi connectivity index (χ2n) is 4.03. The molecule has 0 amide bonds. The maximum absolute atomic E-state index is 12.2. The summed E-state index contributed by atoms with van der Waals surface area (Å²) in [4.78, 5) is 23.3. The van der Waals surface area contributed by atoms with Gasteiger partial charge in [0.05, 0.1) is 0 Å². The predicted octanol–water partition coefficient (Wildman–Crippen LogP) is 3.74. The van der Waals surface area contributed by atoms with Crippen LogP contribution in [-0.2, 0) is 11.2 Å². The number of hydrogen-bond donors (Lipinski definition) is 1. The van der Waals surface area contributed by atoms with Crippen LogP contribution in [0, 0.1) is 0 Å². The molecule has 0 unspecified atom stereocenters. The topological polar surface area (TPSA) is 60.2 Å². The quantitative estimate of drug-likeness (QED) is 0.385. The van der Waals surface area contributed by atoms with Crippen molar-refractivity contribution in [3.63, 3.8) is 0 Å². The monoisotopic (exact) mass is 273 g/mol. The predicted molar refractivity (Wildman–Crippen MR) is 84.9 cm³/mol. The van der Waals surface area contributed by atoms with Crippen LogP contribution in [0.15, 0.2) is 42.5 Å². The van der Waals surface area contributed by atoms with Gasteiger partial charge in [0.25, 0.3) is 0 Å². The van der Waals surface area contributed by atoms with Gasteiger partial charge in [0.2, 0.25) is 0 Å². The van der Waals surface area contributed by atoms with Crippen molar-refractivity contribution >= 4 is 17.3 Å². The SMILES string of the molecule is C=C/C(=C\C)C(=O)c1cccc(CC(C)=O)c1N.CC. The third kappa shape index (κ3) is 4.50. The number of allylic oxidation sites excluding steroid dienone is 3. The highest BCUT2D eigenvalue weighted by molar-refractivity contribution is 6.13. The Kier molecular flexibility index (Phi) is 7.90. The van der Waals surface area contributed by atoms with Gasteiger partial charge in [0.1, 0.15) is 5.78 Å². The van der Waals surface area contributed by atoms with Crippen LogP contribution >= 0.6 is 0 Å². The first kappa shape index (κ1) is 17.8. The molecule has 1 aromatic carbocycles. The Bertz CT molecular complexity index is 528. The molecule has 3 nitrogen and oxygen atoms in total. The van der Waals surface area contributed by atoms with E-state index >= 15 is 0 Å². The smallest absolute Gasteiger partial charge is 0.194 e. The van der Waals surface area contributed by atoms with Crippen LogP contribution in [0.4, 0.5) is 5.69 Å². The summed E-state index contributed by atoms with van der Waals surface area (Å²) in [5.41, 5.74) is 7.93. The van der Waals surface area contributed by atoms with Gasteiger partial charge < -0.3 is 5.73 Å². The molecule has 0 spiro atoms. The Hall–Kier alpha value is -2.16. The maximum Gasteiger partial charge on any atom is 0.194 e. The fraction of sp³-hybridized carbons (Fsp3) is 0.294. The lowest BCUT2D eigenvalue weighted by Crippen LogP contribution is -2.09. The molecule has 1 rings (SSSR count). The van der Waals surface area contributed by atoms with E-state index in [9.17, 15) is 9.59 Å². The molecule has 0 saturated heterocycles. The minimum absolute atomic E-state index is 0.0151. The summed E-state index contributed by atoms with van der Waals surface area (Å²) in [6.07, 6.45) is 3.43. The number of carbonyl (C=O) groups excluding carboxylic acids is 2. The number of ketones is 2. The highest BCUT2D eigenvalue weighted by Gasteiger charge is 2.15. The summed E-state index contributed by atoms with van der Waals surface area (Å²) in [5.74, 6) is -0.156. The molecule has 0 heterocycles. The summed E-state index contributed by atoms with van der Waals surface area (Å²) in [5, 5.41) is 0. The fourth-order valence-electron chi connectivity index (χ4n) is 1.73. The Balaban J connectivity index is 0.00000172. The summed E-state index contributed by atoms with van der Waals surface area (Å²) in [6, 6.07) is 5.16. The molecule has 0 aliphatic rings. The third-order valence-electron chi connectivity index (χ3n) is 2.67. The summed E-state index contributed by atoms with van der Waals surface area (Å²) in [6.45, 7) is 10.9. The van der Waals surface area contributed by atoms with E-state index in [1.807, 2.05) is 13.8 Å². The van der Waals surface area contributed by atoms with Gasteiger partial charge in [-0.1, -0.05) is 44.7 Å². The van der Waals surface area contributed by atoms with Crippen LogP contribution in [0.25, 0.3) is 0 Å². The summed E-state index contributed by atoms with van der Waals surface area (Å²) in [7, 11) is 0. The normalized spacial score (nSPS) is 10.3. The van der Waals surface area contributed by atoms with E-state index in [0.717, 1.165) is 0 Å². The third-order valence-corrected chi connectivity index (χ3v) is 2.67. The van der Waals surface area contributed by atoms with Gasteiger partial charge >= 0.3 is 0 Å². The van der Waals surface area contributed by atoms with Crippen LogP contribution in [0.5, 0.6) is 0 Å². The molecule has 108 valence electrons. The van der Waals surface area contributed by atoms with Crippen molar-refractivity contribution in [1.29, 1.82) is 0 Å². The number of benzene rings is 1. The lowest BCUT2D eigenvalue weighted by atomic mass is 9.97. The zero-order chi connectivity index (χ0) is 15.7. The van der Waals surface area contributed by atoms with Crippen LogP contribution in [0.1, 0.15) is 43.6 Å². The molecule has 0 aliphatic heterocycles. The van der Waals surface area contributed by atoms with E-state index in [1.165, 1.54) is 13.0 Å². The van der Waals surface area contributed by atoms with Crippen molar-refractivity contribution in [3.05, 3.63) is 53.6 Å². The van der Waals surface area contributed by atoms with Crippen molar-refractivity contribution in [2.75, 3.05) is 5.73 Å². The molecular weight excluding hydrogens is 250 g/mol. The van der Waals surface area contributed by atoms with Crippen molar-refractivity contribution in [2.24, 2.45) is 0 Å². The van der Waals surface area contributed by atoms with Gasteiger partial charge in [0, 0.05) is 23.2 Å². The molecule has 0 radical (unpaired) electrons. The van der Waals surface area contributed by atoms with Gasteiger partial charge in [0.15, 0.2) is 5.78 Å². The summed E-state index contributed by atoms with van der Waals surface area (Å²) >= 11 is 0. The number of rotatable bonds is 5. The van der Waals surface area contributed by atoms with Gasteiger partial charge in [-0.15, -0.1) is 0 Å². The first-order valence-corrected chi connectivity index (χ1v) is 6.71. The van der Waals surface area contributed by atoms with Crippen molar-refractivity contribution < 1.29 is 9.59 Å². The first-order valence-electron chi connectivity index (χ1n) is 6.71. The Morgan fingerprint density at radius 1 is 1.30 bits per heavy atom. The van der Waals surface area contributed by atoms with Crippen molar-refractivity contribution in [3.8, 4) is 0 Å². The van der Waals surface area contributed by atoms with Crippen LogP contribution < -0.4 is 5.73 Å². The van der Waals surface area contributed by atoms with E-state index < -0.39 is 0 Å². The standard InChI is InChI=1S/C15H17NO2.C2H6/c1-4-11(5-2)15(18)13-8-6-7-12(14(13)16)9-10(3)17;1-2/h4-8H,1,9,16H2,2-3H3;1-2H3/b11-5+;. The molecule has 0 aliphatic carbocycles. The molecule has 0 atom stereocenters. The molecule has 0 aromatic heterocycles. The lowest BCUT2D eigenvalue weighted by molar-refractivity contribution is -0.116. The second-order valence-corrected chi connectivity index (χ2v) is 4.03. The second kappa shape index (κ2) is 8.86. The average Bonchev–Trinajstić information content (AvgIpc) is 2.44. The van der Waals surface area contributed by atoms with E-state index in [-0.39, 0.29) is 18.0 Å². The number of nitrogens with two attached hydrogens (primary N) is 1. The molecule has 2 N–H and O–H groups in total. The first-order chi connectivity index (χ1) is 9.51. The average molecular weight is 273 g/mol. The molecule has 1 aromatic rings. The number of para-hydroxylation sites is 1. The van der Waals surface area contributed by atoms with Crippen molar-refractivity contribution in [2.45, 2.75) is 34.1 Å². The van der Waals surface area contributed by atoms with Crippen molar-refractivity contribution in [1.82, 2.24) is 0 Å². The minimum atomic E-state index is -0.171. The molecule has 0 saturated carbocycles. The zero-order valence-corrected chi connectivity index (χ0v) is 12.7. The van der Waals surface area contributed by atoms with Gasteiger partial charge in [-0.2, -0.15) is 0 Å². The van der Waals surface area contributed by atoms with E-state index in [4.69, 9.17) is 5.73 Å². The molecule has 0 bridgehead atoms. The number of hydrogen-bond acceptors (Lipinski definition) is 3. The van der Waals surface area contributed by atoms with E-state index in [1.54, 1.807) is 31.2 Å². The minimum Gasteiger partial charge on any atom is -0.398 e. The Labute approximate surface area is 121 Å². The van der Waals surface area contributed by atoms with Gasteiger partial charge in [-0.25, -0.2) is 0 Å². The fourth-order valence-corrected chi connectivity index (χ4v) is 1.73. The zero-order valence-electron chi connectivity index (χ0n) is 12.7. The maximum atomic E-state index is 12.2. The lowest BCUT2D eigenvalue weighted by Gasteiger charge is -2.09. The Morgan fingerprint density at radius 2 is 1.90 bits per heavy atom. The van der Waals surface area contributed by atoms with Gasteiger partial charge in [-0.05, 0) is 25.5 Å². The Morgan fingerprint density at radius 3 is 2.35 bits per heavy atom. The van der Waals surface area contributed by atoms with Crippen LogP contribution in [-0.4, -0.2) is 11.6 Å². The number of carbonyl (C=O) groups is 2. The largest absolute Gasteiger partial charge is 0.398 e. The molecule has 3 heteroatoms. The molecule has 0 fully saturated rings. The van der Waals surface area contributed by atoms with E-state index in [2.05, 4.69) is 6.58 Å². The molecule has 20 heavy (non-hydrogen) atoms. The molecular formula is C17H23NO2. The highest BCUT2D eigenvalue weighted by Crippen LogP contribution is 2.21. The summed E-state index contributed by atoms with van der Waals surface area (Å²) < 4.78 is 0.